The van der Waals surface area contributed by atoms with Crippen molar-refractivity contribution in [1.82, 2.24) is 14.7 Å². The summed E-state index contributed by atoms with van der Waals surface area (Å²) in [5, 5.41) is 5.61. The van der Waals surface area contributed by atoms with Crippen LogP contribution in [0.4, 0.5) is 0 Å². The lowest BCUT2D eigenvalue weighted by atomic mass is 10.1. The van der Waals surface area contributed by atoms with Gasteiger partial charge in [-0.2, -0.15) is 5.10 Å². The normalized spacial score (nSPS) is 13.5. The zero-order chi connectivity index (χ0) is 21.9. The highest BCUT2D eigenvalue weighted by molar-refractivity contribution is 7.99. The van der Waals surface area contributed by atoms with E-state index in [1.807, 2.05) is 94.6 Å². The Balaban J connectivity index is 1.49. The van der Waals surface area contributed by atoms with E-state index in [1.54, 1.807) is 11.8 Å². The summed E-state index contributed by atoms with van der Waals surface area (Å²) in [5.74, 6) is 0.111. The number of likely N-dealkylation sites (tertiary alicyclic amines) is 1. The Bertz CT molecular complexity index is 1210. The lowest BCUT2D eigenvalue weighted by molar-refractivity contribution is 0.0793. The number of hydrogen-bond acceptors (Lipinski definition) is 3. The van der Waals surface area contributed by atoms with Crippen LogP contribution in [0.15, 0.2) is 94.9 Å². The first-order valence-electron chi connectivity index (χ1n) is 10.7. The molecule has 4 nitrogen and oxygen atoms in total. The first-order valence-corrected chi connectivity index (χ1v) is 11.8. The van der Waals surface area contributed by atoms with Crippen molar-refractivity contribution < 1.29 is 4.79 Å². The fourth-order valence-electron chi connectivity index (χ4n) is 3.85. The van der Waals surface area contributed by atoms with Gasteiger partial charge in [0.1, 0.15) is 5.69 Å². The van der Waals surface area contributed by atoms with Crippen LogP contribution in [0.2, 0.25) is 5.02 Å². The van der Waals surface area contributed by atoms with Crippen LogP contribution in [0, 0.1) is 0 Å². The Hall–Kier alpha value is -3.02. The van der Waals surface area contributed by atoms with E-state index in [-0.39, 0.29) is 5.91 Å². The highest BCUT2D eigenvalue weighted by atomic mass is 35.5. The second-order valence-corrected chi connectivity index (χ2v) is 9.31. The van der Waals surface area contributed by atoms with Crippen molar-refractivity contribution in [3.8, 4) is 16.9 Å². The Morgan fingerprint density at radius 3 is 2.25 bits per heavy atom. The maximum absolute atomic E-state index is 12.7. The number of benzene rings is 3. The monoisotopic (exact) mass is 459 g/mol. The van der Waals surface area contributed by atoms with Gasteiger partial charge in [0, 0.05) is 40.3 Å². The van der Waals surface area contributed by atoms with Crippen molar-refractivity contribution in [2.75, 3.05) is 13.1 Å². The summed E-state index contributed by atoms with van der Waals surface area (Å²) in [7, 11) is 0. The Morgan fingerprint density at radius 1 is 0.875 bits per heavy atom. The van der Waals surface area contributed by atoms with Gasteiger partial charge >= 0.3 is 0 Å². The van der Waals surface area contributed by atoms with Crippen LogP contribution in [0.1, 0.15) is 23.2 Å². The summed E-state index contributed by atoms with van der Waals surface area (Å²) in [6, 6.07) is 25.7. The molecule has 1 aromatic heterocycles. The molecule has 1 aliphatic rings. The third-order valence-electron chi connectivity index (χ3n) is 5.54. The molecule has 0 N–H and O–H groups in total. The molecule has 0 unspecified atom stereocenters. The lowest BCUT2D eigenvalue weighted by Gasteiger charge is -2.15. The Labute approximate surface area is 196 Å². The van der Waals surface area contributed by atoms with E-state index < -0.39 is 0 Å². The minimum absolute atomic E-state index is 0.111. The molecule has 3 aromatic carbocycles. The van der Waals surface area contributed by atoms with Gasteiger partial charge in [0.15, 0.2) is 0 Å². The van der Waals surface area contributed by atoms with E-state index in [0.717, 1.165) is 58.2 Å². The van der Waals surface area contributed by atoms with Crippen LogP contribution in [0.25, 0.3) is 16.9 Å². The third-order valence-corrected chi connectivity index (χ3v) is 6.82. The molecule has 0 atom stereocenters. The van der Waals surface area contributed by atoms with E-state index in [1.165, 1.54) is 0 Å². The number of rotatable bonds is 5. The summed E-state index contributed by atoms with van der Waals surface area (Å²) in [5.41, 5.74) is 3.59. The van der Waals surface area contributed by atoms with Gasteiger partial charge in [-0.05, 0) is 61.4 Å². The first-order chi connectivity index (χ1) is 15.7. The standard InChI is InChI=1S/C26H22ClN3OS/c27-21-12-14-23(15-13-21)32-24-18-30(22-6-2-1-3-7-22)28-25(24)19-8-10-20(11-9-19)26(31)29-16-4-5-17-29/h1-3,6-15,18H,4-5,16-17H2. The van der Waals surface area contributed by atoms with Gasteiger partial charge in [0.2, 0.25) is 0 Å². The van der Waals surface area contributed by atoms with Crippen LogP contribution < -0.4 is 0 Å². The molecule has 1 aliphatic heterocycles. The SMILES string of the molecule is O=C(c1ccc(-c2nn(-c3ccccc3)cc2Sc2ccc(Cl)cc2)cc1)N1CCCC1. The molecule has 1 amide bonds. The predicted molar refractivity (Wildman–Crippen MR) is 130 cm³/mol. The van der Waals surface area contributed by atoms with E-state index in [4.69, 9.17) is 16.7 Å². The van der Waals surface area contributed by atoms with Crippen molar-refractivity contribution >= 4 is 29.3 Å². The predicted octanol–water partition coefficient (Wildman–Crippen LogP) is 6.58. The second kappa shape index (κ2) is 9.23. The van der Waals surface area contributed by atoms with Gasteiger partial charge < -0.3 is 4.90 Å². The van der Waals surface area contributed by atoms with Crippen molar-refractivity contribution in [1.29, 1.82) is 0 Å². The topological polar surface area (TPSA) is 38.1 Å². The van der Waals surface area contributed by atoms with Gasteiger partial charge in [-0.15, -0.1) is 0 Å². The van der Waals surface area contributed by atoms with E-state index in [2.05, 4.69) is 0 Å². The molecule has 2 heterocycles. The number of halogens is 1. The molecule has 32 heavy (non-hydrogen) atoms. The fourth-order valence-corrected chi connectivity index (χ4v) is 4.91. The van der Waals surface area contributed by atoms with Crippen LogP contribution in [-0.4, -0.2) is 33.7 Å². The molecule has 4 aromatic rings. The summed E-state index contributed by atoms with van der Waals surface area (Å²) < 4.78 is 1.90. The van der Waals surface area contributed by atoms with Gasteiger partial charge in [-0.3, -0.25) is 4.79 Å². The smallest absolute Gasteiger partial charge is 0.253 e. The largest absolute Gasteiger partial charge is 0.339 e. The molecule has 0 saturated carbocycles. The molecular formula is C26H22ClN3OS. The number of carbonyl (C=O) groups is 1. The summed E-state index contributed by atoms with van der Waals surface area (Å²) in [6.07, 6.45) is 4.23. The molecule has 0 radical (unpaired) electrons. The summed E-state index contributed by atoms with van der Waals surface area (Å²) in [6.45, 7) is 1.70. The molecule has 0 aliphatic carbocycles. The van der Waals surface area contributed by atoms with Crippen LogP contribution in [0.5, 0.6) is 0 Å². The number of hydrogen-bond donors (Lipinski definition) is 0. The first kappa shape index (κ1) is 20.9. The number of nitrogens with zero attached hydrogens (tertiary/aromatic N) is 3. The number of carbonyl (C=O) groups excluding carboxylic acids is 1. The fraction of sp³-hybridized carbons (Fsp3) is 0.154. The quantitative estimate of drug-likeness (QED) is 0.338. The van der Waals surface area contributed by atoms with Crippen LogP contribution in [-0.2, 0) is 0 Å². The Morgan fingerprint density at radius 2 is 1.56 bits per heavy atom. The number of amides is 1. The number of aromatic nitrogens is 2. The molecule has 6 heteroatoms. The number of para-hydroxylation sites is 1. The highest BCUT2D eigenvalue weighted by Gasteiger charge is 2.20. The van der Waals surface area contributed by atoms with Gasteiger partial charge in [0.25, 0.3) is 5.91 Å². The van der Waals surface area contributed by atoms with Crippen molar-refractivity contribution in [2.45, 2.75) is 22.6 Å². The van der Waals surface area contributed by atoms with Crippen molar-refractivity contribution in [3.05, 3.63) is 95.6 Å². The third kappa shape index (κ3) is 4.45. The maximum atomic E-state index is 12.7. The average molecular weight is 460 g/mol. The van der Waals surface area contributed by atoms with Crippen LogP contribution >= 0.6 is 23.4 Å². The van der Waals surface area contributed by atoms with E-state index in [9.17, 15) is 4.79 Å². The van der Waals surface area contributed by atoms with Crippen molar-refractivity contribution in [3.63, 3.8) is 0 Å². The molecule has 1 saturated heterocycles. The highest BCUT2D eigenvalue weighted by Crippen LogP contribution is 2.36. The molecule has 5 rings (SSSR count). The average Bonchev–Trinajstić information content (AvgIpc) is 3.52. The summed E-state index contributed by atoms with van der Waals surface area (Å²) >= 11 is 7.70. The molecule has 1 fully saturated rings. The zero-order valence-corrected chi connectivity index (χ0v) is 19.0. The van der Waals surface area contributed by atoms with E-state index >= 15 is 0 Å². The van der Waals surface area contributed by atoms with Gasteiger partial charge in [-0.25, -0.2) is 4.68 Å². The molecular weight excluding hydrogens is 438 g/mol. The minimum Gasteiger partial charge on any atom is -0.339 e. The van der Waals surface area contributed by atoms with Gasteiger partial charge in [0.05, 0.1) is 10.6 Å². The maximum Gasteiger partial charge on any atom is 0.253 e. The van der Waals surface area contributed by atoms with Crippen LogP contribution in [0.3, 0.4) is 0 Å². The molecule has 0 bridgehead atoms. The van der Waals surface area contributed by atoms with Gasteiger partial charge in [-0.1, -0.05) is 53.7 Å². The second-order valence-electron chi connectivity index (χ2n) is 7.75. The Kier molecular flexibility index (Phi) is 6.02. The minimum atomic E-state index is 0.111. The van der Waals surface area contributed by atoms with Crippen molar-refractivity contribution in [2.24, 2.45) is 0 Å². The summed E-state index contributed by atoms with van der Waals surface area (Å²) in [4.78, 5) is 16.8. The lowest BCUT2D eigenvalue weighted by Crippen LogP contribution is -2.27. The molecule has 0 spiro atoms. The van der Waals surface area contributed by atoms with E-state index in [0.29, 0.717) is 5.02 Å². The zero-order valence-electron chi connectivity index (χ0n) is 17.4. The molecule has 160 valence electrons.